The lowest BCUT2D eigenvalue weighted by atomic mass is 10.1. The van der Waals surface area contributed by atoms with Crippen molar-refractivity contribution < 1.29 is 9.59 Å². The molecule has 1 heterocycles. The normalized spacial score (nSPS) is 17.0. The third-order valence-electron chi connectivity index (χ3n) is 4.15. The molecule has 130 valence electrons. The number of nitrogens with zero attached hydrogens (tertiary/aromatic N) is 1. The zero-order valence-electron chi connectivity index (χ0n) is 13.4. The number of benzene rings is 2. The molecule has 2 amide bonds. The Balaban J connectivity index is 1.74. The summed E-state index contributed by atoms with van der Waals surface area (Å²) in [4.78, 5) is 26.4. The largest absolute Gasteiger partial charge is 0.324 e. The van der Waals surface area contributed by atoms with Gasteiger partial charge in [0.1, 0.15) is 0 Å². The molecule has 1 N–H and O–H groups in total. The van der Waals surface area contributed by atoms with Crippen LogP contribution < -0.4 is 10.2 Å². The van der Waals surface area contributed by atoms with Gasteiger partial charge < -0.3 is 10.2 Å². The van der Waals surface area contributed by atoms with Gasteiger partial charge in [0.15, 0.2) is 0 Å². The first-order valence-corrected chi connectivity index (χ1v) is 8.81. The van der Waals surface area contributed by atoms with Crippen LogP contribution in [0.4, 0.5) is 11.4 Å². The van der Waals surface area contributed by atoms with Crippen molar-refractivity contribution in [3.8, 4) is 0 Å². The van der Waals surface area contributed by atoms with Gasteiger partial charge in [0.05, 0.1) is 16.6 Å². The zero-order valence-corrected chi connectivity index (χ0v) is 15.6. The van der Waals surface area contributed by atoms with Crippen LogP contribution in [0.1, 0.15) is 12.0 Å². The van der Waals surface area contributed by atoms with Crippen LogP contribution in [0, 0.1) is 12.8 Å². The highest BCUT2D eigenvalue weighted by molar-refractivity contribution is 6.35. The van der Waals surface area contributed by atoms with Crippen LogP contribution in [-0.4, -0.2) is 18.4 Å². The predicted octanol–water partition coefficient (Wildman–Crippen LogP) is 4.95. The Bertz CT molecular complexity index is 854. The van der Waals surface area contributed by atoms with Crippen molar-refractivity contribution in [2.24, 2.45) is 5.92 Å². The first kappa shape index (κ1) is 18.1. The minimum absolute atomic E-state index is 0.114. The highest BCUT2D eigenvalue weighted by Crippen LogP contribution is 2.31. The van der Waals surface area contributed by atoms with Crippen LogP contribution in [0.5, 0.6) is 0 Å². The molecule has 0 saturated carbocycles. The van der Waals surface area contributed by atoms with Gasteiger partial charge in [-0.15, -0.1) is 0 Å². The van der Waals surface area contributed by atoms with E-state index in [9.17, 15) is 9.59 Å². The topological polar surface area (TPSA) is 49.4 Å². The molecule has 0 aliphatic carbocycles. The van der Waals surface area contributed by atoms with Gasteiger partial charge in [0.25, 0.3) is 0 Å². The lowest BCUT2D eigenvalue weighted by molar-refractivity contribution is -0.122. The number of aryl methyl sites for hydroxylation is 1. The van der Waals surface area contributed by atoms with Crippen molar-refractivity contribution in [3.05, 3.63) is 57.0 Å². The Hall–Kier alpha value is -1.75. The first-order valence-electron chi connectivity index (χ1n) is 7.67. The Labute approximate surface area is 160 Å². The highest BCUT2D eigenvalue weighted by atomic mass is 35.5. The second-order valence-electron chi connectivity index (χ2n) is 5.95. The Morgan fingerprint density at radius 3 is 2.60 bits per heavy atom. The molecule has 4 nitrogen and oxygen atoms in total. The van der Waals surface area contributed by atoms with Gasteiger partial charge in [-0.2, -0.15) is 0 Å². The molecular weight excluding hydrogens is 383 g/mol. The van der Waals surface area contributed by atoms with Gasteiger partial charge in [-0.25, -0.2) is 0 Å². The summed E-state index contributed by atoms with van der Waals surface area (Å²) in [6.45, 7) is 2.19. The fourth-order valence-electron chi connectivity index (χ4n) is 2.71. The standard InChI is InChI=1S/C18H15Cl3N2O2/c1-10-2-4-13(8-15(10)21)23-9-11(6-17(23)24)18(25)22-16-7-12(19)3-5-14(16)20/h2-5,7-8,11H,6,9H2,1H3,(H,22,25). The summed E-state index contributed by atoms with van der Waals surface area (Å²) in [6.07, 6.45) is 0.134. The Morgan fingerprint density at radius 1 is 1.12 bits per heavy atom. The van der Waals surface area contributed by atoms with Crippen molar-refractivity contribution in [1.29, 1.82) is 0 Å². The molecule has 2 aromatic carbocycles. The summed E-state index contributed by atoms with van der Waals surface area (Å²) in [7, 11) is 0. The van der Waals surface area contributed by atoms with E-state index in [4.69, 9.17) is 34.8 Å². The minimum Gasteiger partial charge on any atom is -0.324 e. The Morgan fingerprint density at radius 2 is 1.88 bits per heavy atom. The van der Waals surface area contributed by atoms with Crippen LogP contribution in [-0.2, 0) is 9.59 Å². The number of halogens is 3. The fraction of sp³-hybridized carbons (Fsp3) is 0.222. The molecule has 1 unspecified atom stereocenters. The summed E-state index contributed by atoms with van der Waals surface area (Å²) in [5.74, 6) is -0.849. The molecule has 3 rings (SSSR count). The molecule has 0 spiro atoms. The number of anilines is 2. The van der Waals surface area contributed by atoms with E-state index in [-0.39, 0.29) is 18.2 Å². The summed E-state index contributed by atoms with van der Waals surface area (Å²) >= 11 is 18.1. The maximum absolute atomic E-state index is 12.5. The fourth-order valence-corrected chi connectivity index (χ4v) is 3.22. The second-order valence-corrected chi connectivity index (χ2v) is 7.20. The number of rotatable bonds is 3. The number of hydrogen-bond donors (Lipinski definition) is 1. The quantitative estimate of drug-likeness (QED) is 0.797. The SMILES string of the molecule is Cc1ccc(N2CC(C(=O)Nc3cc(Cl)ccc3Cl)CC2=O)cc1Cl. The van der Waals surface area contributed by atoms with Crippen molar-refractivity contribution in [1.82, 2.24) is 0 Å². The summed E-state index contributed by atoms with van der Waals surface area (Å²) in [5.41, 5.74) is 2.06. The van der Waals surface area contributed by atoms with E-state index in [1.54, 1.807) is 29.2 Å². The molecule has 1 atom stereocenters. The van der Waals surface area contributed by atoms with Gasteiger partial charge in [-0.05, 0) is 42.8 Å². The van der Waals surface area contributed by atoms with Gasteiger partial charge >= 0.3 is 0 Å². The molecule has 0 radical (unpaired) electrons. The van der Waals surface area contributed by atoms with E-state index in [0.717, 1.165) is 5.56 Å². The van der Waals surface area contributed by atoms with E-state index in [1.807, 2.05) is 19.1 Å². The van der Waals surface area contributed by atoms with Gasteiger partial charge in [0.2, 0.25) is 11.8 Å². The lowest BCUT2D eigenvalue weighted by Crippen LogP contribution is -2.28. The number of carbonyl (C=O) groups is 2. The van der Waals surface area contributed by atoms with Gasteiger partial charge in [0, 0.05) is 28.7 Å². The van der Waals surface area contributed by atoms with Gasteiger partial charge in [-0.3, -0.25) is 9.59 Å². The summed E-state index contributed by atoms with van der Waals surface area (Å²) in [5, 5.41) is 4.20. The molecule has 0 bridgehead atoms. The molecule has 0 aromatic heterocycles. The first-order chi connectivity index (χ1) is 11.8. The molecule has 1 fully saturated rings. The number of carbonyl (C=O) groups excluding carboxylic acids is 2. The van der Waals surface area contributed by atoms with Crippen molar-refractivity contribution in [3.63, 3.8) is 0 Å². The van der Waals surface area contributed by atoms with E-state index < -0.39 is 5.92 Å². The van der Waals surface area contributed by atoms with E-state index in [0.29, 0.717) is 33.0 Å². The van der Waals surface area contributed by atoms with Crippen molar-refractivity contribution in [2.75, 3.05) is 16.8 Å². The number of amides is 2. The second kappa shape index (κ2) is 7.24. The zero-order chi connectivity index (χ0) is 18.1. The smallest absolute Gasteiger partial charge is 0.229 e. The average Bonchev–Trinajstić information content (AvgIpc) is 2.95. The van der Waals surface area contributed by atoms with E-state index in [2.05, 4.69) is 5.32 Å². The molecule has 2 aromatic rings. The average molecular weight is 398 g/mol. The lowest BCUT2D eigenvalue weighted by Gasteiger charge is -2.17. The molecular formula is C18H15Cl3N2O2. The van der Waals surface area contributed by atoms with E-state index in [1.165, 1.54) is 0 Å². The molecule has 25 heavy (non-hydrogen) atoms. The highest BCUT2D eigenvalue weighted by Gasteiger charge is 2.35. The number of hydrogen-bond acceptors (Lipinski definition) is 2. The van der Waals surface area contributed by atoms with Crippen molar-refractivity contribution in [2.45, 2.75) is 13.3 Å². The molecule has 1 saturated heterocycles. The van der Waals surface area contributed by atoms with Crippen LogP contribution in [0.25, 0.3) is 0 Å². The molecule has 1 aliphatic rings. The van der Waals surface area contributed by atoms with Crippen LogP contribution in [0.3, 0.4) is 0 Å². The summed E-state index contributed by atoms with van der Waals surface area (Å²) in [6, 6.07) is 10.2. The van der Waals surface area contributed by atoms with Gasteiger partial charge in [-0.1, -0.05) is 40.9 Å². The Kier molecular flexibility index (Phi) is 5.23. The van der Waals surface area contributed by atoms with Crippen LogP contribution in [0.15, 0.2) is 36.4 Å². The summed E-state index contributed by atoms with van der Waals surface area (Å²) < 4.78 is 0. The third kappa shape index (κ3) is 3.92. The van der Waals surface area contributed by atoms with Crippen LogP contribution in [0.2, 0.25) is 15.1 Å². The van der Waals surface area contributed by atoms with E-state index >= 15 is 0 Å². The third-order valence-corrected chi connectivity index (χ3v) is 5.12. The van der Waals surface area contributed by atoms with Crippen LogP contribution >= 0.6 is 34.8 Å². The minimum atomic E-state index is -0.470. The molecule has 7 heteroatoms. The molecule has 1 aliphatic heterocycles. The maximum atomic E-state index is 12.5. The number of nitrogens with one attached hydrogen (secondary N) is 1. The van der Waals surface area contributed by atoms with Crippen molar-refractivity contribution >= 4 is 58.0 Å². The predicted molar refractivity (Wildman–Crippen MR) is 102 cm³/mol. The monoisotopic (exact) mass is 396 g/mol. The maximum Gasteiger partial charge on any atom is 0.229 e.